The van der Waals surface area contributed by atoms with E-state index >= 15 is 0 Å². The van der Waals surface area contributed by atoms with Gasteiger partial charge in [-0.3, -0.25) is 4.57 Å². The second-order valence-corrected chi connectivity index (χ2v) is 5.44. The SMILES string of the molecule is COC(=O)c1ccc2nc(-n3ccnc3)nc(N)c2c1CCOCCO. The fraction of sp³-hybridized carbons (Fsp3) is 0.294. The molecule has 9 nitrogen and oxygen atoms in total. The van der Waals surface area contributed by atoms with Crippen molar-refractivity contribution < 1.29 is 19.4 Å². The van der Waals surface area contributed by atoms with Crippen LogP contribution >= 0.6 is 0 Å². The van der Waals surface area contributed by atoms with Gasteiger partial charge in [0.25, 0.3) is 0 Å². The van der Waals surface area contributed by atoms with E-state index in [2.05, 4.69) is 15.0 Å². The van der Waals surface area contributed by atoms with Crippen molar-refractivity contribution in [3.63, 3.8) is 0 Å². The molecule has 0 bridgehead atoms. The van der Waals surface area contributed by atoms with Gasteiger partial charge in [0.2, 0.25) is 5.95 Å². The summed E-state index contributed by atoms with van der Waals surface area (Å²) >= 11 is 0. The van der Waals surface area contributed by atoms with Crippen LogP contribution in [-0.2, 0) is 15.9 Å². The number of methoxy groups -OCH3 is 1. The van der Waals surface area contributed by atoms with Gasteiger partial charge < -0.3 is 20.3 Å². The van der Waals surface area contributed by atoms with E-state index in [4.69, 9.17) is 20.3 Å². The Kier molecular flexibility index (Phi) is 5.40. The second kappa shape index (κ2) is 7.89. The molecule has 3 aromatic rings. The van der Waals surface area contributed by atoms with E-state index in [1.54, 1.807) is 35.4 Å². The third kappa shape index (κ3) is 3.48. The Morgan fingerprint density at radius 1 is 1.31 bits per heavy atom. The molecule has 9 heteroatoms. The minimum absolute atomic E-state index is 0.0705. The smallest absolute Gasteiger partial charge is 0.338 e. The van der Waals surface area contributed by atoms with Crippen molar-refractivity contribution in [2.45, 2.75) is 6.42 Å². The van der Waals surface area contributed by atoms with Gasteiger partial charge in [0.1, 0.15) is 12.1 Å². The molecule has 0 atom stereocenters. The summed E-state index contributed by atoms with van der Waals surface area (Å²) < 4.78 is 11.8. The molecule has 0 saturated heterocycles. The molecule has 0 fully saturated rings. The molecule has 0 aliphatic heterocycles. The number of rotatable bonds is 7. The lowest BCUT2D eigenvalue weighted by Gasteiger charge is -2.14. The van der Waals surface area contributed by atoms with E-state index in [0.29, 0.717) is 41.0 Å². The number of nitrogen functional groups attached to an aromatic ring is 1. The average molecular weight is 357 g/mol. The molecule has 0 amide bonds. The van der Waals surface area contributed by atoms with Crippen molar-refractivity contribution >= 4 is 22.7 Å². The van der Waals surface area contributed by atoms with Crippen LogP contribution in [0.5, 0.6) is 0 Å². The zero-order valence-corrected chi connectivity index (χ0v) is 14.3. The lowest BCUT2D eigenvalue weighted by molar-refractivity contribution is 0.0598. The molecular formula is C17H19N5O4. The number of ether oxygens (including phenoxy) is 2. The van der Waals surface area contributed by atoms with Crippen LogP contribution in [0, 0.1) is 0 Å². The van der Waals surface area contributed by atoms with Crippen LogP contribution in [0.3, 0.4) is 0 Å². The van der Waals surface area contributed by atoms with Crippen molar-refractivity contribution in [2.75, 3.05) is 32.7 Å². The largest absolute Gasteiger partial charge is 0.465 e. The van der Waals surface area contributed by atoms with Crippen LogP contribution in [0.15, 0.2) is 30.9 Å². The number of hydrogen-bond acceptors (Lipinski definition) is 8. The first-order chi connectivity index (χ1) is 12.7. The molecule has 136 valence electrons. The number of aromatic nitrogens is 4. The highest BCUT2D eigenvalue weighted by molar-refractivity contribution is 6.01. The predicted octanol–water partition coefficient (Wildman–Crippen LogP) is 0.736. The van der Waals surface area contributed by atoms with Crippen molar-refractivity contribution in [3.05, 3.63) is 42.0 Å². The van der Waals surface area contributed by atoms with Crippen molar-refractivity contribution in [2.24, 2.45) is 0 Å². The summed E-state index contributed by atoms with van der Waals surface area (Å²) in [6.45, 7) is 0.459. The molecule has 0 unspecified atom stereocenters. The van der Waals surface area contributed by atoms with Gasteiger partial charge >= 0.3 is 5.97 Å². The summed E-state index contributed by atoms with van der Waals surface area (Å²) in [6, 6.07) is 3.36. The van der Waals surface area contributed by atoms with E-state index in [1.165, 1.54) is 7.11 Å². The van der Waals surface area contributed by atoms with Crippen LogP contribution in [-0.4, -0.2) is 57.5 Å². The minimum Gasteiger partial charge on any atom is -0.465 e. The van der Waals surface area contributed by atoms with Crippen LogP contribution < -0.4 is 5.73 Å². The van der Waals surface area contributed by atoms with Gasteiger partial charge in [-0.05, 0) is 24.1 Å². The quantitative estimate of drug-likeness (QED) is 0.468. The Morgan fingerprint density at radius 3 is 2.85 bits per heavy atom. The number of nitrogens with zero attached hydrogens (tertiary/aromatic N) is 4. The number of aliphatic hydroxyl groups is 1. The van der Waals surface area contributed by atoms with Crippen molar-refractivity contribution in [1.82, 2.24) is 19.5 Å². The number of anilines is 1. The molecule has 2 aromatic heterocycles. The predicted molar refractivity (Wildman–Crippen MR) is 94.0 cm³/mol. The van der Waals surface area contributed by atoms with Crippen LogP contribution in [0.2, 0.25) is 0 Å². The average Bonchev–Trinajstić information content (AvgIpc) is 3.19. The van der Waals surface area contributed by atoms with Gasteiger partial charge in [-0.1, -0.05) is 0 Å². The normalized spacial score (nSPS) is 11.0. The number of hydrogen-bond donors (Lipinski definition) is 2. The number of nitrogens with two attached hydrogens (primary N) is 1. The first-order valence-corrected chi connectivity index (χ1v) is 8.00. The van der Waals surface area contributed by atoms with Gasteiger partial charge in [-0.2, -0.15) is 4.98 Å². The molecule has 0 aliphatic rings. The molecule has 0 aliphatic carbocycles. The van der Waals surface area contributed by atoms with Gasteiger partial charge in [0, 0.05) is 17.8 Å². The maximum Gasteiger partial charge on any atom is 0.338 e. The lowest BCUT2D eigenvalue weighted by atomic mass is 9.99. The number of esters is 1. The highest BCUT2D eigenvalue weighted by Crippen LogP contribution is 2.27. The fourth-order valence-electron chi connectivity index (χ4n) is 2.71. The van der Waals surface area contributed by atoms with Gasteiger partial charge in [0.15, 0.2) is 0 Å². The summed E-state index contributed by atoms with van der Waals surface area (Å²) in [6.07, 6.45) is 5.31. The second-order valence-electron chi connectivity index (χ2n) is 5.44. The van der Waals surface area contributed by atoms with Crippen molar-refractivity contribution in [3.8, 4) is 5.95 Å². The van der Waals surface area contributed by atoms with Crippen LogP contribution in [0.1, 0.15) is 15.9 Å². The number of aliphatic hydroxyl groups excluding tert-OH is 1. The van der Waals surface area contributed by atoms with E-state index in [9.17, 15) is 4.79 Å². The Labute approximate surface area is 149 Å². The van der Waals surface area contributed by atoms with Gasteiger partial charge in [-0.15, -0.1) is 0 Å². The molecule has 26 heavy (non-hydrogen) atoms. The third-order valence-electron chi connectivity index (χ3n) is 3.86. The molecule has 2 heterocycles. The highest BCUT2D eigenvalue weighted by Gasteiger charge is 2.19. The first-order valence-electron chi connectivity index (χ1n) is 8.00. The van der Waals surface area contributed by atoms with Crippen molar-refractivity contribution in [1.29, 1.82) is 0 Å². The zero-order valence-electron chi connectivity index (χ0n) is 14.3. The summed E-state index contributed by atoms with van der Waals surface area (Å²) in [4.78, 5) is 25.0. The van der Waals surface area contributed by atoms with E-state index < -0.39 is 5.97 Å². The standard InChI is InChI=1S/C17H19N5O4/c1-25-16(24)12-2-3-13-14(11(12)4-8-26-9-7-23)15(18)21-17(20-13)22-6-5-19-10-22/h2-3,5-6,10,23H,4,7-9H2,1H3,(H2,18,20,21). The summed E-state index contributed by atoms with van der Waals surface area (Å²) in [5.41, 5.74) is 7.83. The van der Waals surface area contributed by atoms with E-state index in [0.717, 1.165) is 0 Å². The molecule has 0 radical (unpaired) electrons. The Morgan fingerprint density at radius 2 is 2.15 bits per heavy atom. The molecule has 1 aromatic carbocycles. The van der Waals surface area contributed by atoms with E-state index in [1.807, 2.05) is 0 Å². The molecule has 0 saturated carbocycles. The Bertz CT molecular complexity index is 911. The molecule has 3 rings (SSSR count). The van der Waals surface area contributed by atoms with Gasteiger partial charge in [-0.25, -0.2) is 14.8 Å². The molecule has 3 N–H and O–H groups in total. The molecule has 0 spiro atoms. The maximum atomic E-state index is 12.1. The summed E-state index contributed by atoms with van der Waals surface area (Å²) in [7, 11) is 1.32. The minimum atomic E-state index is -0.470. The van der Waals surface area contributed by atoms with Crippen LogP contribution in [0.4, 0.5) is 5.82 Å². The number of carbonyl (C=O) groups excluding carboxylic acids is 1. The van der Waals surface area contributed by atoms with Gasteiger partial charge in [0.05, 0.1) is 38.0 Å². The summed E-state index contributed by atoms with van der Waals surface area (Å²) in [5, 5.41) is 9.42. The molecular weight excluding hydrogens is 338 g/mol. The Balaban J connectivity index is 2.10. The summed E-state index contributed by atoms with van der Waals surface area (Å²) in [5.74, 6) is 0.171. The monoisotopic (exact) mass is 357 g/mol. The first kappa shape index (κ1) is 17.8. The third-order valence-corrected chi connectivity index (χ3v) is 3.86. The lowest BCUT2D eigenvalue weighted by Crippen LogP contribution is -2.12. The topological polar surface area (TPSA) is 125 Å². The van der Waals surface area contributed by atoms with E-state index in [-0.39, 0.29) is 19.0 Å². The number of benzene rings is 1. The Hall–Kier alpha value is -3.04. The highest BCUT2D eigenvalue weighted by atomic mass is 16.5. The number of fused-ring (bicyclic) bond motifs is 1. The number of carbonyl (C=O) groups is 1. The number of imidazole rings is 1. The maximum absolute atomic E-state index is 12.1. The fourth-order valence-corrected chi connectivity index (χ4v) is 2.71. The zero-order chi connectivity index (χ0) is 18.5. The van der Waals surface area contributed by atoms with Crippen LogP contribution in [0.25, 0.3) is 16.9 Å².